The normalized spacial score (nSPS) is 11.4. The van der Waals surface area contributed by atoms with E-state index in [4.69, 9.17) is 15.2 Å². The number of carbonyl (C=O) groups excluding carboxylic acids is 1. The predicted molar refractivity (Wildman–Crippen MR) is 85.4 cm³/mol. The van der Waals surface area contributed by atoms with Crippen molar-refractivity contribution in [1.82, 2.24) is 0 Å². The zero-order valence-electron chi connectivity index (χ0n) is 13.4. The number of nitrogen functional groups attached to an aromatic ring is 1. The average Bonchev–Trinajstić information content (AvgIpc) is 2.36. The standard InChI is InChI=1S/C16H26N2O3/c1-12-11-13(17)5-6-14(12)18-15(19)7-8-20-9-10-21-16(2,3)4/h5-6,11H,7-10,17H2,1-4H3,(H,18,19). The zero-order chi connectivity index (χ0) is 15.9. The van der Waals surface area contributed by atoms with Gasteiger partial charge in [-0.15, -0.1) is 0 Å². The van der Waals surface area contributed by atoms with Gasteiger partial charge in [-0.25, -0.2) is 0 Å². The molecule has 1 rings (SSSR count). The number of aryl methyl sites for hydroxylation is 1. The number of carbonyl (C=O) groups is 1. The maximum atomic E-state index is 11.8. The number of nitrogens with one attached hydrogen (secondary N) is 1. The fraction of sp³-hybridized carbons (Fsp3) is 0.562. The van der Waals surface area contributed by atoms with E-state index in [0.717, 1.165) is 11.3 Å². The summed E-state index contributed by atoms with van der Waals surface area (Å²) in [5.74, 6) is -0.0698. The third-order valence-electron chi connectivity index (χ3n) is 2.76. The van der Waals surface area contributed by atoms with Crippen LogP contribution < -0.4 is 11.1 Å². The van der Waals surface area contributed by atoms with E-state index in [1.807, 2.05) is 33.8 Å². The molecule has 0 saturated heterocycles. The molecule has 21 heavy (non-hydrogen) atoms. The summed E-state index contributed by atoms with van der Waals surface area (Å²) in [4.78, 5) is 11.8. The summed E-state index contributed by atoms with van der Waals surface area (Å²) in [7, 11) is 0. The minimum atomic E-state index is -0.159. The van der Waals surface area contributed by atoms with Crippen molar-refractivity contribution >= 4 is 17.3 Å². The monoisotopic (exact) mass is 294 g/mol. The second-order valence-electron chi connectivity index (χ2n) is 5.95. The summed E-state index contributed by atoms with van der Waals surface area (Å²) in [6, 6.07) is 5.40. The number of ether oxygens (including phenoxy) is 2. The first-order valence-corrected chi connectivity index (χ1v) is 7.15. The van der Waals surface area contributed by atoms with Crippen molar-refractivity contribution < 1.29 is 14.3 Å². The minimum Gasteiger partial charge on any atom is -0.399 e. The van der Waals surface area contributed by atoms with E-state index in [-0.39, 0.29) is 11.5 Å². The fourth-order valence-corrected chi connectivity index (χ4v) is 1.71. The SMILES string of the molecule is Cc1cc(N)ccc1NC(=O)CCOCCOC(C)(C)C. The van der Waals surface area contributed by atoms with Crippen molar-refractivity contribution in [2.45, 2.75) is 39.7 Å². The van der Waals surface area contributed by atoms with Gasteiger partial charge in [0.05, 0.1) is 31.8 Å². The molecule has 118 valence electrons. The summed E-state index contributed by atoms with van der Waals surface area (Å²) in [5, 5.41) is 2.85. The lowest BCUT2D eigenvalue weighted by molar-refractivity contribution is -0.117. The second-order valence-corrected chi connectivity index (χ2v) is 5.95. The number of hydrogen-bond acceptors (Lipinski definition) is 4. The van der Waals surface area contributed by atoms with Crippen LogP contribution >= 0.6 is 0 Å². The summed E-state index contributed by atoms with van der Waals surface area (Å²) < 4.78 is 10.9. The van der Waals surface area contributed by atoms with Gasteiger partial charge in [0, 0.05) is 11.4 Å². The van der Waals surface area contributed by atoms with Crippen molar-refractivity contribution in [2.24, 2.45) is 0 Å². The molecule has 0 aromatic heterocycles. The van der Waals surface area contributed by atoms with Crippen molar-refractivity contribution in [2.75, 3.05) is 30.9 Å². The highest BCUT2D eigenvalue weighted by Crippen LogP contribution is 2.17. The Morgan fingerprint density at radius 3 is 2.57 bits per heavy atom. The Kier molecular flexibility index (Phi) is 6.65. The van der Waals surface area contributed by atoms with Gasteiger partial charge < -0.3 is 20.5 Å². The molecule has 1 aromatic rings. The molecule has 0 unspecified atom stereocenters. The smallest absolute Gasteiger partial charge is 0.226 e. The molecule has 0 fully saturated rings. The van der Waals surface area contributed by atoms with Gasteiger partial charge in [0.2, 0.25) is 5.91 Å². The van der Waals surface area contributed by atoms with E-state index in [9.17, 15) is 4.79 Å². The number of anilines is 2. The molecule has 1 amide bonds. The second kappa shape index (κ2) is 8.00. The predicted octanol–water partition coefficient (Wildman–Crippen LogP) is 2.74. The van der Waals surface area contributed by atoms with Crippen LogP contribution in [-0.2, 0) is 14.3 Å². The first-order chi connectivity index (χ1) is 9.78. The Hall–Kier alpha value is -1.59. The highest BCUT2D eigenvalue weighted by molar-refractivity contribution is 5.91. The van der Waals surface area contributed by atoms with Gasteiger partial charge in [-0.1, -0.05) is 0 Å². The lowest BCUT2D eigenvalue weighted by Gasteiger charge is -2.19. The van der Waals surface area contributed by atoms with Gasteiger partial charge in [0.1, 0.15) is 0 Å². The van der Waals surface area contributed by atoms with Crippen LogP contribution in [0.15, 0.2) is 18.2 Å². The van der Waals surface area contributed by atoms with E-state index in [0.29, 0.717) is 31.9 Å². The number of nitrogens with two attached hydrogens (primary N) is 1. The van der Waals surface area contributed by atoms with Crippen molar-refractivity contribution in [3.63, 3.8) is 0 Å². The fourth-order valence-electron chi connectivity index (χ4n) is 1.71. The Morgan fingerprint density at radius 1 is 1.24 bits per heavy atom. The van der Waals surface area contributed by atoms with Gasteiger partial charge in [-0.3, -0.25) is 4.79 Å². The van der Waals surface area contributed by atoms with Crippen LogP contribution in [0.1, 0.15) is 32.8 Å². The Morgan fingerprint density at radius 2 is 1.95 bits per heavy atom. The largest absolute Gasteiger partial charge is 0.399 e. The number of amides is 1. The van der Waals surface area contributed by atoms with Crippen LogP contribution in [0, 0.1) is 6.92 Å². The summed E-state index contributed by atoms with van der Waals surface area (Å²) in [6.45, 7) is 9.30. The molecular formula is C16H26N2O3. The minimum absolute atomic E-state index is 0.0698. The molecule has 0 bridgehead atoms. The maximum absolute atomic E-state index is 11.8. The lowest BCUT2D eigenvalue weighted by atomic mass is 10.2. The van der Waals surface area contributed by atoms with Gasteiger partial charge in [-0.2, -0.15) is 0 Å². The molecule has 0 atom stereocenters. The van der Waals surface area contributed by atoms with E-state index in [2.05, 4.69) is 5.32 Å². The number of hydrogen-bond donors (Lipinski definition) is 2. The Balaban J connectivity index is 2.20. The first kappa shape index (κ1) is 17.5. The van der Waals surface area contributed by atoms with Crippen LogP contribution in [0.2, 0.25) is 0 Å². The van der Waals surface area contributed by atoms with Gasteiger partial charge in [-0.05, 0) is 51.5 Å². The van der Waals surface area contributed by atoms with Gasteiger partial charge >= 0.3 is 0 Å². The first-order valence-electron chi connectivity index (χ1n) is 7.15. The quantitative estimate of drug-likeness (QED) is 0.599. The third-order valence-corrected chi connectivity index (χ3v) is 2.76. The molecule has 5 nitrogen and oxygen atoms in total. The van der Waals surface area contributed by atoms with Gasteiger partial charge in [0.15, 0.2) is 0 Å². The van der Waals surface area contributed by atoms with Crippen molar-refractivity contribution in [3.05, 3.63) is 23.8 Å². The van der Waals surface area contributed by atoms with Crippen LogP contribution in [0.4, 0.5) is 11.4 Å². The van der Waals surface area contributed by atoms with Gasteiger partial charge in [0.25, 0.3) is 0 Å². The molecule has 0 saturated carbocycles. The Labute approximate surface area is 126 Å². The lowest BCUT2D eigenvalue weighted by Crippen LogP contribution is -2.22. The summed E-state index contributed by atoms with van der Waals surface area (Å²) in [5.41, 5.74) is 7.93. The van der Waals surface area contributed by atoms with E-state index in [1.165, 1.54) is 0 Å². The maximum Gasteiger partial charge on any atom is 0.226 e. The summed E-state index contributed by atoms with van der Waals surface area (Å²) >= 11 is 0. The van der Waals surface area contributed by atoms with Crippen molar-refractivity contribution in [1.29, 1.82) is 0 Å². The number of rotatable bonds is 7. The molecular weight excluding hydrogens is 268 g/mol. The van der Waals surface area contributed by atoms with E-state index >= 15 is 0 Å². The van der Waals surface area contributed by atoms with Crippen molar-refractivity contribution in [3.8, 4) is 0 Å². The zero-order valence-corrected chi connectivity index (χ0v) is 13.4. The van der Waals surface area contributed by atoms with Crippen LogP contribution in [-0.4, -0.2) is 31.3 Å². The molecule has 0 aliphatic heterocycles. The average molecular weight is 294 g/mol. The molecule has 0 aliphatic rings. The molecule has 1 aromatic carbocycles. The Bertz CT molecular complexity index is 467. The van der Waals surface area contributed by atoms with E-state index in [1.54, 1.807) is 12.1 Å². The van der Waals surface area contributed by atoms with Crippen LogP contribution in [0.5, 0.6) is 0 Å². The van der Waals surface area contributed by atoms with Crippen LogP contribution in [0.3, 0.4) is 0 Å². The van der Waals surface area contributed by atoms with E-state index < -0.39 is 0 Å². The third kappa shape index (κ3) is 7.68. The van der Waals surface area contributed by atoms with Crippen LogP contribution in [0.25, 0.3) is 0 Å². The highest BCUT2D eigenvalue weighted by atomic mass is 16.5. The number of benzene rings is 1. The molecule has 5 heteroatoms. The molecule has 0 aliphatic carbocycles. The molecule has 3 N–H and O–H groups in total. The topological polar surface area (TPSA) is 73.6 Å². The molecule has 0 heterocycles. The molecule has 0 spiro atoms. The highest BCUT2D eigenvalue weighted by Gasteiger charge is 2.09. The summed E-state index contributed by atoms with van der Waals surface area (Å²) in [6.07, 6.45) is 0.319. The molecule has 0 radical (unpaired) electrons.